The highest BCUT2D eigenvalue weighted by Crippen LogP contribution is 2.52. The number of hydrogen-bond acceptors (Lipinski definition) is 4. The molecule has 0 radical (unpaired) electrons. The Balaban J connectivity index is 1.37. The van der Waals surface area contributed by atoms with Gasteiger partial charge in [0.15, 0.2) is 0 Å². The molecule has 28 heavy (non-hydrogen) atoms. The van der Waals surface area contributed by atoms with Gasteiger partial charge in [0.05, 0.1) is 17.7 Å². The lowest BCUT2D eigenvalue weighted by Crippen LogP contribution is -2.41. The number of nitrogens with one attached hydrogen (secondary N) is 1. The zero-order valence-corrected chi connectivity index (χ0v) is 15.7. The highest BCUT2D eigenvalue weighted by Gasteiger charge is 2.51. The number of hydrogen-bond donors (Lipinski definition) is 2. The van der Waals surface area contributed by atoms with E-state index in [1.807, 2.05) is 29.2 Å². The Morgan fingerprint density at radius 2 is 2.18 bits per heavy atom. The van der Waals surface area contributed by atoms with Crippen molar-refractivity contribution in [1.82, 2.24) is 5.48 Å². The minimum Gasteiger partial charge on any atom is -0.491 e. The summed E-state index contributed by atoms with van der Waals surface area (Å²) in [7, 11) is 0. The molecule has 5 rings (SSSR count). The fourth-order valence-electron chi connectivity index (χ4n) is 5.39. The zero-order valence-electron chi connectivity index (χ0n) is 15.7. The van der Waals surface area contributed by atoms with Crippen molar-refractivity contribution in [1.29, 1.82) is 0 Å². The van der Waals surface area contributed by atoms with E-state index in [0.717, 1.165) is 50.1 Å². The van der Waals surface area contributed by atoms with Gasteiger partial charge in [0.1, 0.15) is 5.75 Å². The van der Waals surface area contributed by atoms with Crippen LogP contribution in [0.4, 0.5) is 5.69 Å². The predicted octanol–water partition coefficient (Wildman–Crippen LogP) is 2.76. The van der Waals surface area contributed by atoms with Crippen LogP contribution in [0.5, 0.6) is 5.75 Å². The van der Waals surface area contributed by atoms with Crippen LogP contribution < -0.4 is 15.1 Å². The minimum atomic E-state index is -0.476. The molecule has 1 aromatic carbocycles. The summed E-state index contributed by atoms with van der Waals surface area (Å²) in [6.07, 6.45) is 10.0. The summed E-state index contributed by atoms with van der Waals surface area (Å²) in [5, 5.41) is 8.85. The molecule has 2 heterocycles. The molecule has 1 spiro atoms. The van der Waals surface area contributed by atoms with Gasteiger partial charge in [0.2, 0.25) is 5.91 Å². The van der Waals surface area contributed by atoms with Crippen LogP contribution in [0.25, 0.3) is 0 Å². The maximum Gasteiger partial charge on any atom is 0.274 e. The van der Waals surface area contributed by atoms with E-state index in [1.165, 1.54) is 5.56 Å². The third kappa shape index (κ3) is 2.58. The molecule has 6 heteroatoms. The summed E-state index contributed by atoms with van der Waals surface area (Å²) in [6.45, 7) is 1.41. The van der Waals surface area contributed by atoms with Gasteiger partial charge in [-0.3, -0.25) is 14.8 Å². The van der Waals surface area contributed by atoms with Gasteiger partial charge < -0.3 is 9.64 Å². The third-order valence-electron chi connectivity index (χ3n) is 6.91. The Bertz CT molecular complexity index is 906. The molecule has 0 bridgehead atoms. The number of nitrogens with zero attached hydrogens (tertiary/aromatic N) is 1. The summed E-state index contributed by atoms with van der Waals surface area (Å²) in [5.74, 6) is 1.11. The number of para-hydroxylation sites is 1. The second kappa shape index (κ2) is 6.48. The van der Waals surface area contributed by atoms with Gasteiger partial charge in [-0.1, -0.05) is 30.4 Å². The number of fused-ring (bicyclic) bond motifs is 2. The second-order valence-electron chi connectivity index (χ2n) is 8.34. The van der Waals surface area contributed by atoms with E-state index in [1.54, 1.807) is 11.6 Å². The van der Waals surface area contributed by atoms with Crippen LogP contribution in [0.2, 0.25) is 0 Å². The molecule has 2 amide bonds. The molecule has 2 aliphatic carbocycles. The van der Waals surface area contributed by atoms with Crippen LogP contribution in [-0.2, 0) is 16.0 Å². The monoisotopic (exact) mass is 380 g/mol. The molecule has 146 valence electrons. The molecule has 1 saturated carbocycles. The first-order valence-electron chi connectivity index (χ1n) is 10.0. The third-order valence-corrected chi connectivity index (χ3v) is 6.91. The number of allylic oxidation sites excluding steroid dienone is 2. The van der Waals surface area contributed by atoms with E-state index >= 15 is 0 Å². The van der Waals surface area contributed by atoms with E-state index in [4.69, 9.17) is 9.94 Å². The van der Waals surface area contributed by atoms with E-state index in [9.17, 15) is 9.59 Å². The molecule has 3 atom stereocenters. The molecule has 1 saturated heterocycles. The van der Waals surface area contributed by atoms with Gasteiger partial charge >= 0.3 is 0 Å². The van der Waals surface area contributed by atoms with Crippen molar-refractivity contribution in [3.05, 3.63) is 47.6 Å². The normalized spacial score (nSPS) is 30.7. The van der Waals surface area contributed by atoms with Crippen LogP contribution in [0.1, 0.15) is 31.2 Å². The number of amides is 2. The fourth-order valence-corrected chi connectivity index (χ4v) is 5.39. The van der Waals surface area contributed by atoms with Gasteiger partial charge in [-0.15, -0.1) is 0 Å². The molecular weight excluding hydrogens is 356 g/mol. The maximum atomic E-state index is 13.5. The zero-order chi connectivity index (χ0) is 19.3. The van der Waals surface area contributed by atoms with Crippen molar-refractivity contribution in [2.24, 2.45) is 17.3 Å². The van der Waals surface area contributed by atoms with Gasteiger partial charge in [0.25, 0.3) is 5.91 Å². The number of anilines is 1. The number of carbonyl (C=O) groups is 2. The quantitative estimate of drug-likeness (QED) is 0.611. The molecule has 2 N–H and O–H groups in total. The average molecular weight is 380 g/mol. The van der Waals surface area contributed by atoms with Gasteiger partial charge in [0, 0.05) is 18.5 Å². The first-order chi connectivity index (χ1) is 13.6. The summed E-state index contributed by atoms with van der Waals surface area (Å²) in [4.78, 5) is 27.1. The molecule has 1 aromatic rings. The first kappa shape index (κ1) is 17.5. The van der Waals surface area contributed by atoms with Crippen molar-refractivity contribution < 1.29 is 19.5 Å². The van der Waals surface area contributed by atoms with E-state index in [-0.39, 0.29) is 23.2 Å². The number of rotatable bonds is 2. The van der Waals surface area contributed by atoms with Gasteiger partial charge in [-0.05, 0) is 49.1 Å². The summed E-state index contributed by atoms with van der Waals surface area (Å²) in [5.41, 5.74) is 3.98. The van der Waals surface area contributed by atoms with Crippen LogP contribution in [0.3, 0.4) is 0 Å². The van der Waals surface area contributed by atoms with Crippen molar-refractivity contribution in [3.63, 3.8) is 0 Å². The fraction of sp³-hybridized carbons (Fsp3) is 0.455. The Labute approximate surface area is 163 Å². The molecule has 4 aliphatic rings. The van der Waals surface area contributed by atoms with E-state index < -0.39 is 5.91 Å². The second-order valence-corrected chi connectivity index (χ2v) is 8.34. The van der Waals surface area contributed by atoms with E-state index in [2.05, 4.69) is 6.07 Å². The Hall–Kier alpha value is -2.60. The SMILES string of the molecule is O=C(NO)C1=CC2CC[C@]3(CCN(c4cccc5c4OCC5)C3=O)CC2C=C1. The van der Waals surface area contributed by atoms with Crippen LogP contribution in [0, 0.1) is 17.3 Å². The lowest BCUT2D eigenvalue weighted by Gasteiger charge is -2.40. The molecule has 2 unspecified atom stereocenters. The van der Waals surface area contributed by atoms with Crippen LogP contribution in [0.15, 0.2) is 42.0 Å². The molecule has 0 aromatic heterocycles. The highest BCUT2D eigenvalue weighted by atomic mass is 16.5. The smallest absolute Gasteiger partial charge is 0.274 e. The van der Waals surface area contributed by atoms with Crippen molar-refractivity contribution in [3.8, 4) is 5.75 Å². The van der Waals surface area contributed by atoms with Gasteiger partial charge in [-0.2, -0.15) is 0 Å². The summed E-state index contributed by atoms with van der Waals surface area (Å²) >= 11 is 0. The molecule has 2 fully saturated rings. The largest absolute Gasteiger partial charge is 0.491 e. The molecular formula is C22H24N2O4. The average Bonchev–Trinajstić information content (AvgIpc) is 3.32. The van der Waals surface area contributed by atoms with Crippen LogP contribution >= 0.6 is 0 Å². The van der Waals surface area contributed by atoms with Gasteiger partial charge in [-0.25, -0.2) is 5.48 Å². The van der Waals surface area contributed by atoms with Crippen LogP contribution in [-0.4, -0.2) is 30.2 Å². The summed E-state index contributed by atoms with van der Waals surface area (Å²) in [6, 6.07) is 6.09. The number of carbonyl (C=O) groups excluding carboxylic acids is 2. The molecule has 6 nitrogen and oxygen atoms in total. The first-order valence-corrected chi connectivity index (χ1v) is 10.0. The number of ether oxygens (including phenoxy) is 1. The molecule has 2 aliphatic heterocycles. The van der Waals surface area contributed by atoms with Crippen molar-refractivity contribution in [2.45, 2.75) is 32.1 Å². The predicted molar refractivity (Wildman–Crippen MR) is 103 cm³/mol. The topological polar surface area (TPSA) is 78.9 Å². The Kier molecular flexibility index (Phi) is 4.05. The Morgan fingerprint density at radius 3 is 3.04 bits per heavy atom. The highest BCUT2D eigenvalue weighted by molar-refractivity contribution is 6.01. The number of benzene rings is 1. The standard InChI is InChI=1S/C22H24N2O4/c25-20(23-27)16-4-5-17-13-22(8-6-15(17)12-16)9-10-24(21(22)26)18-3-1-2-14-7-11-28-19(14)18/h1-5,12,15,17,27H,6-11,13H2,(H,23,25)/t15?,17?,22-/m0/s1. The van der Waals surface area contributed by atoms with Crippen molar-refractivity contribution >= 4 is 17.5 Å². The lowest BCUT2D eigenvalue weighted by molar-refractivity contribution is -0.128. The lowest BCUT2D eigenvalue weighted by atomic mass is 9.63. The van der Waals surface area contributed by atoms with Crippen molar-refractivity contribution in [2.75, 3.05) is 18.1 Å². The van der Waals surface area contributed by atoms with E-state index in [0.29, 0.717) is 12.2 Å². The Morgan fingerprint density at radius 1 is 1.29 bits per heavy atom. The number of hydroxylamine groups is 1. The maximum absolute atomic E-state index is 13.5. The summed E-state index contributed by atoms with van der Waals surface area (Å²) < 4.78 is 5.83. The minimum absolute atomic E-state index is 0.214.